The lowest BCUT2D eigenvalue weighted by atomic mass is 10.2. The monoisotopic (exact) mass is 214 g/mol. The van der Waals surface area contributed by atoms with E-state index >= 15 is 0 Å². The van der Waals surface area contributed by atoms with Gasteiger partial charge in [-0.15, -0.1) is 0 Å². The van der Waals surface area contributed by atoms with Gasteiger partial charge in [0.25, 0.3) is 0 Å². The molecule has 0 unspecified atom stereocenters. The fourth-order valence-corrected chi connectivity index (χ4v) is 1.90. The molecule has 0 saturated heterocycles. The molecule has 0 aliphatic rings. The van der Waals surface area contributed by atoms with Crippen molar-refractivity contribution in [1.82, 2.24) is 9.78 Å². The van der Waals surface area contributed by atoms with Crippen LogP contribution in [0.4, 0.5) is 0 Å². The Morgan fingerprint density at radius 1 is 1.43 bits per heavy atom. The first-order chi connectivity index (χ1) is 6.56. The Hall–Kier alpha value is -0.480. The smallest absolute Gasteiger partial charge is 0.0826 e. The molecule has 0 amide bonds. The summed E-state index contributed by atoms with van der Waals surface area (Å²) in [6, 6.07) is 0. The number of aryl methyl sites for hydroxylation is 1. The number of rotatable bonds is 4. The van der Waals surface area contributed by atoms with Crippen molar-refractivity contribution in [1.29, 1.82) is 0 Å². The maximum atomic E-state index is 9.65. The zero-order valence-corrected chi connectivity index (χ0v) is 10.1. The number of aliphatic hydroxyl groups excluding tert-OH is 1. The molecule has 14 heavy (non-hydrogen) atoms. The van der Waals surface area contributed by atoms with Crippen molar-refractivity contribution in [2.75, 3.05) is 12.0 Å². The van der Waals surface area contributed by atoms with Gasteiger partial charge in [-0.1, -0.05) is 0 Å². The number of hydrogen-bond donors (Lipinski definition) is 1. The van der Waals surface area contributed by atoms with E-state index in [9.17, 15) is 5.11 Å². The largest absolute Gasteiger partial charge is 0.390 e. The quantitative estimate of drug-likeness (QED) is 0.826. The van der Waals surface area contributed by atoms with Crippen molar-refractivity contribution < 1.29 is 5.11 Å². The molecule has 0 radical (unpaired) electrons. The highest BCUT2D eigenvalue weighted by Gasteiger charge is 2.10. The van der Waals surface area contributed by atoms with Crippen molar-refractivity contribution in [2.24, 2.45) is 0 Å². The summed E-state index contributed by atoms with van der Waals surface area (Å²) < 4.78 is 1.89. The van der Waals surface area contributed by atoms with Crippen LogP contribution in [0.1, 0.15) is 17.0 Å². The van der Waals surface area contributed by atoms with Gasteiger partial charge in [0.2, 0.25) is 0 Å². The fraction of sp³-hybridized carbons (Fsp3) is 0.700. The van der Waals surface area contributed by atoms with Crippen LogP contribution in [0.15, 0.2) is 0 Å². The first-order valence-corrected chi connectivity index (χ1v) is 6.13. The van der Waals surface area contributed by atoms with Gasteiger partial charge in [0.1, 0.15) is 0 Å². The van der Waals surface area contributed by atoms with Crippen molar-refractivity contribution in [3.63, 3.8) is 0 Å². The molecule has 0 bridgehead atoms. The van der Waals surface area contributed by atoms with E-state index in [4.69, 9.17) is 0 Å². The highest BCUT2D eigenvalue weighted by Crippen LogP contribution is 2.12. The van der Waals surface area contributed by atoms with Crippen molar-refractivity contribution in [3.8, 4) is 0 Å². The lowest BCUT2D eigenvalue weighted by Gasteiger charge is -2.10. The van der Waals surface area contributed by atoms with Gasteiger partial charge in [0, 0.05) is 11.4 Å². The van der Waals surface area contributed by atoms with E-state index in [0.717, 1.165) is 17.1 Å². The van der Waals surface area contributed by atoms with Crippen molar-refractivity contribution in [2.45, 2.75) is 33.4 Å². The molecule has 0 fully saturated rings. The molecule has 1 aromatic heterocycles. The van der Waals surface area contributed by atoms with E-state index in [2.05, 4.69) is 12.0 Å². The maximum Gasteiger partial charge on any atom is 0.0826 e. The second kappa shape index (κ2) is 4.84. The molecule has 4 heteroatoms. The molecule has 0 aromatic carbocycles. The van der Waals surface area contributed by atoms with Crippen LogP contribution in [0, 0.1) is 20.8 Å². The predicted octanol–water partition coefficient (Wildman–Crippen LogP) is 1.53. The summed E-state index contributed by atoms with van der Waals surface area (Å²) >= 11 is 1.65. The predicted molar refractivity (Wildman–Crippen MR) is 60.8 cm³/mol. The number of aromatic nitrogens is 2. The van der Waals surface area contributed by atoms with Crippen LogP contribution in [0.3, 0.4) is 0 Å². The minimum Gasteiger partial charge on any atom is -0.390 e. The highest BCUT2D eigenvalue weighted by molar-refractivity contribution is 7.98. The van der Waals surface area contributed by atoms with Gasteiger partial charge in [-0.05, 0) is 32.6 Å². The molecule has 0 aliphatic carbocycles. The second-order valence-corrected chi connectivity index (χ2v) is 4.50. The lowest BCUT2D eigenvalue weighted by molar-refractivity contribution is 0.172. The molecule has 0 saturated carbocycles. The summed E-state index contributed by atoms with van der Waals surface area (Å²) in [5.41, 5.74) is 3.43. The topological polar surface area (TPSA) is 38.0 Å². The molecule has 1 atom stereocenters. The summed E-state index contributed by atoms with van der Waals surface area (Å²) in [5, 5.41) is 14.0. The lowest BCUT2D eigenvalue weighted by Crippen LogP contribution is -2.20. The van der Waals surface area contributed by atoms with Gasteiger partial charge in [-0.2, -0.15) is 16.9 Å². The molecular weight excluding hydrogens is 196 g/mol. The van der Waals surface area contributed by atoms with E-state index < -0.39 is 0 Å². The van der Waals surface area contributed by atoms with Crippen LogP contribution in [0.25, 0.3) is 0 Å². The van der Waals surface area contributed by atoms with Crippen LogP contribution in [-0.2, 0) is 6.54 Å². The summed E-state index contributed by atoms with van der Waals surface area (Å²) in [6.45, 7) is 6.71. The Bertz CT molecular complexity index is 309. The van der Waals surface area contributed by atoms with Crippen LogP contribution < -0.4 is 0 Å². The van der Waals surface area contributed by atoms with E-state index in [1.165, 1.54) is 5.56 Å². The van der Waals surface area contributed by atoms with Gasteiger partial charge in [-0.25, -0.2) is 0 Å². The van der Waals surface area contributed by atoms with Crippen LogP contribution >= 0.6 is 11.8 Å². The van der Waals surface area contributed by atoms with Crippen LogP contribution in [-0.4, -0.2) is 33.0 Å². The molecule has 80 valence electrons. The molecule has 0 aliphatic heterocycles. The Balaban J connectivity index is 2.72. The normalized spacial score (nSPS) is 13.2. The SMILES string of the molecule is CSC[C@H](O)Cn1nc(C)c(C)c1C. The molecule has 3 nitrogen and oxygen atoms in total. The average molecular weight is 214 g/mol. The fourth-order valence-electron chi connectivity index (χ4n) is 1.41. The van der Waals surface area contributed by atoms with Gasteiger partial charge in [0.05, 0.1) is 18.3 Å². The zero-order valence-electron chi connectivity index (χ0n) is 9.24. The number of nitrogens with zero attached hydrogens (tertiary/aromatic N) is 2. The summed E-state index contributed by atoms with van der Waals surface area (Å²) in [7, 11) is 0. The first-order valence-electron chi connectivity index (χ1n) is 4.74. The van der Waals surface area contributed by atoms with E-state index in [1.54, 1.807) is 11.8 Å². The Labute approximate surface area is 89.5 Å². The Morgan fingerprint density at radius 3 is 2.50 bits per heavy atom. The molecule has 1 rings (SSSR count). The number of thioether (sulfide) groups is 1. The minimum atomic E-state index is -0.303. The standard InChI is InChI=1S/C10H18N2OS/c1-7-8(2)11-12(9(7)3)5-10(13)6-14-4/h10,13H,5-6H2,1-4H3/t10-/m1/s1. The van der Waals surface area contributed by atoms with Gasteiger partial charge in [0.15, 0.2) is 0 Å². The molecule has 1 N–H and O–H groups in total. The summed E-state index contributed by atoms with van der Waals surface area (Å²) in [6.07, 6.45) is 1.69. The van der Waals surface area contributed by atoms with Crippen LogP contribution in [0.5, 0.6) is 0 Å². The zero-order chi connectivity index (χ0) is 10.7. The second-order valence-electron chi connectivity index (χ2n) is 3.59. The van der Waals surface area contributed by atoms with Crippen LogP contribution in [0.2, 0.25) is 0 Å². The average Bonchev–Trinajstić information content (AvgIpc) is 2.34. The third-order valence-corrected chi connectivity index (χ3v) is 3.20. The van der Waals surface area contributed by atoms with Crippen molar-refractivity contribution >= 4 is 11.8 Å². The third kappa shape index (κ3) is 2.51. The van der Waals surface area contributed by atoms with Crippen molar-refractivity contribution in [3.05, 3.63) is 17.0 Å². The molecule has 1 aromatic rings. The van der Waals surface area contributed by atoms with E-state index in [1.807, 2.05) is 24.8 Å². The Morgan fingerprint density at radius 2 is 2.07 bits per heavy atom. The minimum absolute atomic E-state index is 0.303. The summed E-state index contributed by atoms with van der Waals surface area (Å²) in [5.74, 6) is 0.761. The number of hydrogen-bond acceptors (Lipinski definition) is 3. The van der Waals surface area contributed by atoms with Gasteiger partial charge in [-0.3, -0.25) is 4.68 Å². The van der Waals surface area contributed by atoms with E-state index in [0.29, 0.717) is 6.54 Å². The summed E-state index contributed by atoms with van der Waals surface area (Å²) in [4.78, 5) is 0. The van der Waals surface area contributed by atoms with Gasteiger partial charge < -0.3 is 5.11 Å². The van der Waals surface area contributed by atoms with Gasteiger partial charge >= 0.3 is 0 Å². The third-order valence-electron chi connectivity index (χ3n) is 2.49. The number of aliphatic hydroxyl groups is 1. The molecular formula is C10H18N2OS. The molecule has 0 spiro atoms. The highest BCUT2D eigenvalue weighted by atomic mass is 32.2. The maximum absolute atomic E-state index is 9.65. The first kappa shape index (κ1) is 11.6. The van der Waals surface area contributed by atoms with E-state index in [-0.39, 0.29) is 6.10 Å². The Kier molecular flexibility index (Phi) is 4.01. The molecule has 1 heterocycles.